The lowest BCUT2D eigenvalue weighted by Crippen LogP contribution is -2.48. The molecule has 2 amide bonds. The molecule has 3 rings (SSSR count). The van der Waals surface area contributed by atoms with Gasteiger partial charge in [0.25, 0.3) is 5.91 Å². The molecule has 0 aliphatic carbocycles. The standard InChI is InChI=1S/C18H18F3N5O2/c1-12(27)25-7-9-26(10-8-25)17-22-6-5-15(24-17)16(28)23-14-4-2-3-13(11-14)18(19,20)21/h2-6,11H,7-10H2,1H3,(H,23,28). The molecule has 1 fully saturated rings. The summed E-state index contributed by atoms with van der Waals surface area (Å²) in [6.07, 6.45) is -3.08. The van der Waals surface area contributed by atoms with Crippen LogP contribution in [0.2, 0.25) is 0 Å². The number of hydrogen-bond acceptors (Lipinski definition) is 5. The van der Waals surface area contributed by atoms with Gasteiger partial charge in [0.15, 0.2) is 0 Å². The van der Waals surface area contributed by atoms with Gasteiger partial charge in [0.1, 0.15) is 5.69 Å². The van der Waals surface area contributed by atoms with Gasteiger partial charge in [-0.15, -0.1) is 0 Å². The van der Waals surface area contributed by atoms with E-state index < -0.39 is 17.6 Å². The Balaban J connectivity index is 1.70. The van der Waals surface area contributed by atoms with Gasteiger partial charge < -0.3 is 15.1 Å². The predicted molar refractivity (Wildman–Crippen MR) is 95.9 cm³/mol. The van der Waals surface area contributed by atoms with Gasteiger partial charge >= 0.3 is 6.18 Å². The zero-order chi connectivity index (χ0) is 20.3. The first-order valence-electron chi connectivity index (χ1n) is 8.56. The van der Waals surface area contributed by atoms with E-state index >= 15 is 0 Å². The van der Waals surface area contributed by atoms with Gasteiger partial charge in [-0.25, -0.2) is 9.97 Å². The second kappa shape index (κ2) is 7.83. The van der Waals surface area contributed by atoms with Crippen LogP contribution in [0.3, 0.4) is 0 Å². The van der Waals surface area contributed by atoms with Crippen LogP contribution < -0.4 is 10.2 Å². The summed E-state index contributed by atoms with van der Waals surface area (Å²) in [6, 6.07) is 5.77. The lowest BCUT2D eigenvalue weighted by Gasteiger charge is -2.34. The minimum Gasteiger partial charge on any atom is -0.339 e. The molecule has 0 saturated carbocycles. The molecule has 0 unspecified atom stereocenters. The van der Waals surface area contributed by atoms with E-state index in [9.17, 15) is 22.8 Å². The third-order valence-corrected chi connectivity index (χ3v) is 4.33. The van der Waals surface area contributed by atoms with Gasteiger partial charge in [0.05, 0.1) is 5.56 Å². The van der Waals surface area contributed by atoms with E-state index in [1.54, 1.807) is 4.90 Å². The Kier molecular flexibility index (Phi) is 5.48. The fourth-order valence-corrected chi connectivity index (χ4v) is 2.82. The van der Waals surface area contributed by atoms with E-state index in [-0.39, 0.29) is 17.3 Å². The van der Waals surface area contributed by atoms with Crippen LogP contribution in [0, 0.1) is 0 Å². The van der Waals surface area contributed by atoms with E-state index in [0.29, 0.717) is 32.1 Å². The first-order chi connectivity index (χ1) is 13.2. The van der Waals surface area contributed by atoms with Gasteiger partial charge in [0, 0.05) is 45.0 Å². The second-order valence-corrected chi connectivity index (χ2v) is 6.27. The normalized spacial score (nSPS) is 14.7. The van der Waals surface area contributed by atoms with E-state index in [2.05, 4.69) is 15.3 Å². The molecule has 7 nitrogen and oxygen atoms in total. The SMILES string of the molecule is CC(=O)N1CCN(c2nccc(C(=O)Nc3cccc(C(F)(F)F)c3)n2)CC1. The molecular weight excluding hydrogens is 375 g/mol. The molecule has 10 heteroatoms. The Morgan fingerprint density at radius 1 is 1.11 bits per heavy atom. The minimum absolute atomic E-state index is 0.00483. The number of piperazine rings is 1. The van der Waals surface area contributed by atoms with Crippen LogP contribution in [0.1, 0.15) is 23.0 Å². The van der Waals surface area contributed by atoms with Crippen molar-refractivity contribution in [2.75, 3.05) is 36.4 Å². The summed E-state index contributed by atoms with van der Waals surface area (Å²) >= 11 is 0. The highest BCUT2D eigenvalue weighted by molar-refractivity contribution is 6.03. The summed E-state index contributed by atoms with van der Waals surface area (Å²) in [5.74, 6) is -0.306. The molecule has 1 N–H and O–H groups in total. The van der Waals surface area contributed by atoms with Crippen molar-refractivity contribution in [1.29, 1.82) is 0 Å². The molecular formula is C18H18F3N5O2. The van der Waals surface area contributed by atoms with Crippen molar-refractivity contribution < 1.29 is 22.8 Å². The number of rotatable bonds is 3. The number of nitrogens with one attached hydrogen (secondary N) is 1. The summed E-state index contributed by atoms with van der Waals surface area (Å²) in [4.78, 5) is 35.7. The van der Waals surface area contributed by atoms with Crippen LogP contribution in [-0.4, -0.2) is 52.9 Å². The number of carbonyl (C=O) groups excluding carboxylic acids is 2. The van der Waals surface area contributed by atoms with Crippen LogP contribution >= 0.6 is 0 Å². The van der Waals surface area contributed by atoms with Crippen molar-refractivity contribution in [3.63, 3.8) is 0 Å². The Bertz CT molecular complexity index is 880. The van der Waals surface area contributed by atoms with Crippen molar-refractivity contribution in [2.24, 2.45) is 0 Å². The molecule has 2 heterocycles. The molecule has 1 aromatic heterocycles. The molecule has 1 aliphatic rings. The first-order valence-corrected chi connectivity index (χ1v) is 8.56. The number of benzene rings is 1. The number of hydrogen-bond donors (Lipinski definition) is 1. The number of nitrogens with zero attached hydrogens (tertiary/aromatic N) is 4. The molecule has 0 radical (unpaired) electrons. The first kappa shape index (κ1) is 19.6. The van der Waals surface area contributed by atoms with Crippen LogP contribution in [0.5, 0.6) is 0 Å². The van der Waals surface area contributed by atoms with Gasteiger partial charge in [-0.1, -0.05) is 6.07 Å². The molecule has 0 spiro atoms. The average Bonchev–Trinajstić information content (AvgIpc) is 2.67. The Morgan fingerprint density at radius 2 is 1.82 bits per heavy atom. The number of aromatic nitrogens is 2. The molecule has 1 aromatic carbocycles. The zero-order valence-corrected chi connectivity index (χ0v) is 15.0. The predicted octanol–water partition coefficient (Wildman–Crippen LogP) is 2.42. The van der Waals surface area contributed by atoms with Crippen LogP contribution in [0.25, 0.3) is 0 Å². The van der Waals surface area contributed by atoms with Gasteiger partial charge in [0.2, 0.25) is 11.9 Å². The summed E-state index contributed by atoms with van der Waals surface area (Å²) in [5, 5.41) is 2.42. The van der Waals surface area contributed by atoms with Crippen molar-refractivity contribution in [3.05, 3.63) is 47.8 Å². The molecule has 28 heavy (non-hydrogen) atoms. The van der Waals surface area contributed by atoms with E-state index in [4.69, 9.17) is 0 Å². The lowest BCUT2D eigenvalue weighted by molar-refractivity contribution is -0.137. The average molecular weight is 393 g/mol. The number of alkyl halides is 3. The maximum absolute atomic E-state index is 12.8. The summed E-state index contributed by atoms with van der Waals surface area (Å²) in [5.41, 5.74) is -0.788. The number of carbonyl (C=O) groups is 2. The van der Waals surface area contributed by atoms with Crippen molar-refractivity contribution in [1.82, 2.24) is 14.9 Å². The molecule has 148 valence electrons. The van der Waals surface area contributed by atoms with Gasteiger partial charge in [-0.2, -0.15) is 13.2 Å². The minimum atomic E-state index is -4.50. The largest absolute Gasteiger partial charge is 0.416 e. The fourth-order valence-electron chi connectivity index (χ4n) is 2.82. The quantitative estimate of drug-likeness (QED) is 0.867. The molecule has 2 aromatic rings. The molecule has 0 bridgehead atoms. The maximum atomic E-state index is 12.8. The zero-order valence-electron chi connectivity index (χ0n) is 15.0. The topological polar surface area (TPSA) is 78.4 Å². The van der Waals surface area contributed by atoms with Crippen molar-refractivity contribution in [3.8, 4) is 0 Å². The van der Waals surface area contributed by atoms with Crippen LogP contribution in [0.4, 0.5) is 24.8 Å². The van der Waals surface area contributed by atoms with Gasteiger partial charge in [-0.3, -0.25) is 9.59 Å². The third-order valence-electron chi connectivity index (χ3n) is 4.33. The monoisotopic (exact) mass is 393 g/mol. The Morgan fingerprint density at radius 3 is 2.46 bits per heavy atom. The van der Waals surface area contributed by atoms with E-state index in [1.807, 2.05) is 4.90 Å². The maximum Gasteiger partial charge on any atom is 0.416 e. The summed E-state index contributed by atoms with van der Waals surface area (Å²) < 4.78 is 38.4. The molecule has 1 saturated heterocycles. The van der Waals surface area contributed by atoms with E-state index in [1.165, 1.54) is 31.3 Å². The third kappa shape index (κ3) is 4.56. The molecule has 0 atom stereocenters. The Labute approximate surface area is 159 Å². The van der Waals surface area contributed by atoms with Gasteiger partial charge in [-0.05, 0) is 24.3 Å². The van der Waals surface area contributed by atoms with Crippen molar-refractivity contribution in [2.45, 2.75) is 13.1 Å². The highest BCUT2D eigenvalue weighted by atomic mass is 19.4. The lowest BCUT2D eigenvalue weighted by atomic mass is 10.2. The summed E-state index contributed by atoms with van der Waals surface area (Å²) in [7, 11) is 0. The highest BCUT2D eigenvalue weighted by Gasteiger charge is 2.30. The molecule has 1 aliphatic heterocycles. The van der Waals surface area contributed by atoms with Crippen LogP contribution in [-0.2, 0) is 11.0 Å². The van der Waals surface area contributed by atoms with Crippen molar-refractivity contribution >= 4 is 23.5 Å². The number of halogens is 3. The second-order valence-electron chi connectivity index (χ2n) is 6.27. The fraction of sp³-hybridized carbons (Fsp3) is 0.333. The Hall–Kier alpha value is -3.17. The van der Waals surface area contributed by atoms with E-state index in [0.717, 1.165) is 12.1 Å². The number of anilines is 2. The summed E-state index contributed by atoms with van der Waals surface area (Å²) in [6.45, 7) is 3.61. The number of amides is 2. The van der Waals surface area contributed by atoms with Crippen LogP contribution in [0.15, 0.2) is 36.5 Å². The highest BCUT2D eigenvalue weighted by Crippen LogP contribution is 2.30. The smallest absolute Gasteiger partial charge is 0.339 e.